The van der Waals surface area contributed by atoms with Crippen LogP contribution in [0.15, 0.2) is 43.0 Å². The van der Waals surface area contributed by atoms with Gasteiger partial charge in [0.2, 0.25) is 5.95 Å². The second-order valence-electron chi connectivity index (χ2n) is 7.46. The molecular weight excluding hydrogens is 397 g/mol. The van der Waals surface area contributed by atoms with E-state index in [9.17, 15) is 13.2 Å². The first kappa shape index (κ1) is 18.9. The topological polar surface area (TPSA) is 80.1 Å². The van der Waals surface area contributed by atoms with Crippen molar-refractivity contribution < 1.29 is 17.9 Å². The number of nitrogens with one attached hydrogen (secondary N) is 2. The van der Waals surface area contributed by atoms with Crippen LogP contribution in [0.25, 0.3) is 27.7 Å². The molecule has 30 heavy (non-hydrogen) atoms. The highest BCUT2D eigenvalue weighted by Gasteiger charge is 2.35. The van der Waals surface area contributed by atoms with Gasteiger partial charge in [0, 0.05) is 41.8 Å². The molecule has 156 valence electrons. The summed E-state index contributed by atoms with van der Waals surface area (Å²) in [7, 11) is 0. The van der Waals surface area contributed by atoms with Gasteiger partial charge in [-0.1, -0.05) is 0 Å². The van der Waals surface area contributed by atoms with Crippen molar-refractivity contribution in [1.82, 2.24) is 24.6 Å². The Hall–Kier alpha value is -3.14. The molecule has 0 aliphatic heterocycles. The van der Waals surface area contributed by atoms with Crippen LogP contribution in [0, 0.1) is 0 Å². The maximum atomic E-state index is 12.4. The van der Waals surface area contributed by atoms with E-state index in [2.05, 4.69) is 30.1 Å². The summed E-state index contributed by atoms with van der Waals surface area (Å²) in [5.41, 5.74) is 3.71. The molecule has 0 spiro atoms. The summed E-state index contributed by atoms with van der Waals surface area (Å²) in [6, 6.07) is 5.99. The Bertz CT molecular complexity index is 1180. The highest BCUT2D eigenvalue weighted by molar-refractivity contribution is 5.94. The predicted molar refractivity (Wildman–Crippen MR) is 105 cm³/mol. The molecule has 1 fully saturated rings. The number of ether oxygens (including phenoxy) is 1. The Morgan fingerprint density at radius 1 is 1.17 bits per heavy atom. The molecular formula is C20H19F3N6O. The van der Waals surface area contributed by atoms with E-state index in [-0.39, 0.29) is 6.04 Å². The first-order valence-electron chi connectivity index (χ1n) is 9.73. The third-order valence-corrected chi connectivity index (χ3v) is 5.45. The molecule has 0 aromatic carbocycles. The lowest BCUT2D eigenvalue weighted by Gasteiger charge is -2.29. The highest BCUT2D eigenvalue weighted by atomic mass is 19.4. The molecule has 0 unspecified atom stereocenters. The van der Waals surface area contributed by atoms with Crippen molar-refractivity contribution in [1.29, 1.82) is 0 Å². The van der Waals surface area contributed by atoms with E-state index < -0.39 is 12.5 Å². The van der Waals surface area contributed by atoms with Gasteiger partial charge in [-0.15, -0.1) is 13.2 Å². The van der Waals surface area contributed by atoms with Crippen LogP contribution >= 0.6 is 0 Å². The second-order valence-corrected chi connectivity index (χ2v) is 7.46. The van der Waals surface area contributed by atoms with Crippen LogP contribution in [0.2, 0.25) is 0 Å². The molecule has 7 nitrogen and oxygen atoms in total. The summed E-state index contributed by atoms with van der Waals surface area (Å²) in [5, 5.41) is 8.34. The minimum absolute atomic E-state index is 0.0224. The second kappa shape index (κ2) is 7.28. The van der Waals surface area contributed by atoms with Gasteiger partial charge in [0.25, 0.3) is 0 Å². The minimum atomic E-state index is -4.58. The van der Waals surface area contributed by atoms with E-state index in [1.165, 1.54) is 0 Å². The van der Waals surface area contributed by atoms with Crippen LogP contribution in [0.3, 0.4) is 0 Å². The zero-order valence-electron chi connectivity index (χ0n) is 15.9. The van der Waals surface area contributed by atoms with E-state index in [0.29, 0.717) is 37.3 Å². The van der Waals surface area contributed by atoms with E-state index in [1.54, 1.807) is 16.9 Å². The molecule has 4 aromatic heterocycles. The number of pyridine rings is 1. The lowest BCUT2D eigenvalue weighted by atomic mass is 9.93. The molecule has 4 heterocycles. The number of hydrogen-bond acceptors (Lipinski definition) is 5. The minimum Gasteiger partial charge on any atom is -0.351 e. The number of aromatic amines is 1. The summed E-state index contributed by atoms with van der Waals surface area (Å²) >= 11 is 0. The van der Waals surface area contributed by atoms with Crippen molar-refractivity contribution in [3.05, 3.63) is 43.0 Å². The van der Waals surface area contributed by atoms with Crippen LogP contribution in [-0.2, 0) is 4.74 Å². The Morgan fingerprint density at radius 2 is 2.00 bits per heavy atom. The fourth-order valence-corrected chi connectivity index (χ4v) is 4.00. The summed E-state index contributed by atoms with van der Waals surface area (Å²) in [6.45, 7) is 0. The predicted octanol–water partition coefficient (Wildman–Crippen LogP) is 4.53. The van der Waals surface area contributed by atoms with Crippen molar-refractivity contribution in [3.63, 3.8) is 0 Å². The lowest BCUT2D eigenvalue weighted by Crippen LogP contribution is -2.33. The molecule has 4 aromatic rings. The Kier molecular flexibility index (Phi) is 4.58. The zero-order chi connectivity index (χ0) is 20.7. The summed E-state index contributed by atoms with van der Waals surface area (Å²) in [6.07, 6.45) is 3.80. The van der Waals surface area contributed by atoms with Crippen molar-refractivity contribution in [2.75, 3.05) is 5.32 Å². The standard InChI is InChI=1S/C20H19F3N6O/c21-20(22,23)30-15-3-1-13(2-4-15)27-19-25-11-17-16(10-24-18(17)28-19)12-6-8-29-14(9-12)5-7-26-29/h5-11,13,15H,1-4H2,(H2,24,25,27,28)/t13-,15+. The fraction of sp³-hybridized carbons (Fsp3) is 0.350. The summed E-state index contributed by atoms with van der Waals surface area (Å²) in [5.74, 6) is 0.460. The molecule has 0 radical (unpaired) electrons. The van der Waals surface area contributed by atoms with Crippen molar-refractivity contribution in [2.24, 2.45) is 0 Å². The normalized spacial score (nSPS) is 20.1. The average molecular weight is 416 g/mol. The Balaban J connectivity index is 1.29. The number of H-pyrrole nitrogens is 1. The van der Waals surface area contributed by atoms with Crippen LogP contribution in [0.4, 0.5) is 19.1 Å². The molecule has 5 rings (SSSR count). The van der Waals surface area contributed by atoms with Crippen LogP contribution in [0.1, 0.15) is 25.7 Å². The third-order valence-electron chi connectivity index (χ3n) is 5.45. The van der Waals surface area contributed by atoms with Crippen LogP contribution in [0.5, 0.6) is 0 Å². The number of aromatic nitrogens is 5. The average Bonchev–Trinajstić information content (AvgIpc) is 3.34. The van der Waals surface area contributed by atoms with Gasteiger partial charge in [-0.05, 0) is 49.4 Å². The van der Waals surface area contributed by atoms with Crippen LogP contribution in [-0.4, -0.2) is 43.1 Å². The molecule has 0 bridgehead atoms. The van der Waals surface area contributed by atoms with Crippen molar-refractivity contribution in [3.8, 4) is 11.1 Å². The Morgan fingerprint density at radius 3 is 2.80 bits per heavy atom. The first-order valence-corrected chi connectivity index (χ1v) is 9.73. The maximum absolute atomic E-state index is 12.4. The molecule has 1 aliphatic carbocycles. The molecule has 0 saturated heterocycles. The number of fused-ring (bicyclic) bond motifs is 2. The number of hydrogen-bond donors (Lipinski definition) is 2. The van der Waals surface area contributed by atoms with E-state index in [1.807, 2.05) is 30.6 Å². The fourth-order valence-electron chi connectivity index (χ4n) is 4.00. The van der Waals surface area contributed by atoms with Gasteiger partial charge in [-0.25, -0.2) is 9.50 Å². The van der Waals surface area contributed by atoms with Gasteiger partial charge < -0.3 is 10.3 Å². The number of anilines is 1. The molecule has 2 N–H and O–H groups in total. The van der Waals surface area contributed by atoms with Gasteiger partial charge in [0.1, 0.15) is 5.65 Å². The monoisotopic (exact) mass is 416 g/mol. The van der Waals surface area contributed by atoms with Gasteiger partial charge in [0.15, 0.2) is 0 Å². The number of halogens is 3. The number of rotatable bonds is 4. The molecule has 10 heteroatoms. The van der Waals surface area contributed by atoms with E-state index in [4.69, 9.17) is 0 Å². The quantitative estimate of drug-likeness (QED) is 0.511. The molecule has 1 saturated carbocycles. The molecule has 0 amide bonds. The molecule has 0 atom stereocenters. The lowest BCUT2D eigenvalue weighted by molar-refractivity contribution is -0.345. The van der Waals surface area contributed by atoms with Crippen molar-refractivity contribution in [2.45, 2.75) is 44.2 Å². The van der Waals surface area contributed by atoms with E-state index in [0.717, 1.165) is 22.0 Å². The zero-order valence-corrected chi connectivity index (χ0v) is 15.9. The smallest absolute Gasteiger partial charge is 0.351 e. The maximum Gasteiger partial charge on any atom is 0.522 e. The Labute approximate surface area is 169 Å². The SMILES string of the molecule is FC(F)(F)O[C@H]1CC[C@@H](Nc2ncc3c(-c4ccn5nccc5c4)c[nH]c3n2)CC1. The van der Waals surface area contributed by atoms with Gasteiger partial charge in [-0.3, -0.25) is 4.74 Å². The van der Waals surface area contributed by atoms with Crippen LogP contribution < -0.4 is 5.32 Å². The van der Waals surface area contributed by atoms with Gasteiger partial charge >= 0.3 is 6.36 Å². The van der Waals surface area contributed by atoms with Gasteiger partial charge in [0.05, 0.1) is 11.6 Å². The number of alkyl halides is 3. The largest absolute Gasteiger partial charge is 0.522 e. The first-order chi connectivity index (χ1) is 14.4. The third kappa shape index (κ3) is 3.82. The summed E-state index contributed by atoms with van der Waals surface area (Å²) in [4.78, 5) is 12.1. The number of nitrogens with zero attached hydrogens (tertiary/aromatic N) is 4. The van der Waals surface area contributed by atoms with Crippen molar-refractivity contribution >= 4 is 22.5 Å². The van der Waals surface area contributed by atoms with E-state index >= 15 is 0 Å². The van der Waals surface area contributed by atoms with Gasteiger partial charge in [-0.2, -0.15) is 10.1 Å². The highest BCUT2D eigenvalue weighted by Crippen LogP contribution is 2.31. The summed E-state index contributed by atoms with van der Waals surface area (Å²) < 4.78 is 43.0. The molecule has 1 aliphatic rings.